The Hall–Kier alpha value is -3.30. The molecule has 0 spiro atoms. The molecule has 0 atom stereocenters. The summed E-state index contributed by atoms with van der Waals surface area (Å²) < 4.78 is 13.4. The van der Waals surface area contributed by atoms with Crippen LogP contribution in [0.2, 0.25) is 0 Å². The van der Waals surface area contributed by atoms with Gasteiger partial charge in [0.05, 0.1) is 4.91 Å². The van der Waals surface area contributed by atoms with Crippen LogP contribution in [-0.2, 0) is 16.1 Å². The van der Waals surface area contributed by atoms with Crippen molar-refractivity contribution in [3.8, 4) is 0 Å². The summed E-state index contributed by atoms with van der Waals surface area (Å²) >= 11 is 6.40. The van der Waals surface area contributed by atoms with Crippen molar-refractivity contribution in [2.24, 2.45) is 0 Å². The first kappa shape index (κ1) is 21.9. The van der Waals surface area contributed by atoms with E-state index >= 15 is 0 Å². The average molecular weight is 468 g/mol. The molecule has 2 heterocycles. The maximum absolute atomic E-state index is 13.1. The molecule has 6 nitrogen and oxygen atoms in total. The smallest absolute Gasteiger partial charge is 0.266 e. The number of thioether (sulfide) groups is 1. The van der Waals surface area contributed by atoms with Gasteiger partial charge in [0.2, 0.25) is 11.5 Å². The van der Waals surface area contributed by atoms with Gasteiger partial charge in [-0.1, -0.05) is 54.3 Å². The van der Waals surface area contributed by atoms with E-state index in [2.05, 4.69) is 4.98 Å². The molecule has 32 heavy (non-hydrogen) atoms. The van der Waals surface area contributed by atoms with E-state index in [1.54, 1.807) is 31.3 Å². The number of aromatic amines is 1. The monoisotopic (exact) mass is 467 g/mol. The van der Waals surface area contributed by atoms with E-state index in [-0.39, 0.29) is 40.6 Å². The van der Waals surface area contributed by atoms with Crippen molar-refractivity contribution in [3.63, 3.8) is 0 Å². The van der Waals surface area contributed by atoms with Crippen molar-refractivity contribution >= 4 is 57.1 Å². The number of carbonyl (C=O) groups excluding carboxylic acids is 2. The summed E-state index contributed by atoms with van der Waals surface area (Å²) in [5.74, 6) is -1.04. The summed E-state index contributed by atoms with van der Waals surface area (Å²) in [7, 11) is 1.62. The molecule has 1 fully saturated rings. The highest BCUT2D eigenvalue weighted by atomic mass is 32.2. The van der Waals surface area contributed by atoms with Gasteiger partial charge in [-0.05, 0) is 35.4 Å². The number of hydrogen-bond acceptors (Lipinski definition) is 5. The lowest BCUT2D eigenvalue weighted by Gasteiger charge is -2.21. The SMILES string of the molecule is CN(Cc1cc(=O)[nH]c2ccccc12)C(=O)CN1C(=O)/C(=C/c2ccc(F)cc2)SC1=S. The van der Waals surface area contributed by atoms with Crippen molar-refractivity contribution in [3.05, 3.63) is 86.8 Å². The molecule has 9 heteroatoms. The van der Waals surface area contributed by atoms with E-state index < -0.39 is 0 Å². The minimum atomic E-state index is -0.368. The number of benzene rings is 2. The van der Waals surface area contributed by atoms with Gasteiger partial charge in [-0.2, -0.15) is 0 Å². The van der Waals surface area contributed by atoms with Gasteiger partial charge in [-0.3, -0.25) is 19.3 Å². The molecule has 0 saturated carbocycles. The Balaban J connectivity index is 1.48. The Morgan fingerprint density at radius 1 is 1.19 bits per heavy atom. The van der Waals surface area contributed by atoms with Crippen molar-refractivity contribution in [1.29, 1.82) is 0 Å². The number of nitrogens with one attached hydrogen (secondary N) is 1. The minimum absolute atomic E-state index is 0.205. The van der Waals surface area contributed by atoms with E-state index in [1.165, 1.54) is 28.0 Å². The first-order chi connectivity index (χ1) is 15.3. The van der Waals surface area contributed by atoms with E-state index in [0.29, 0.717) is 21.5 Å². The molecule has 2 amide bonds. The van der Waals surface area contributed by atoms with Crippen molar-refractivity contribution < 1.29 is 14.0 Å². The number of pyridine rings is 1. The molecule has 162 valence electrons. The number of likely N-dealkylation sites (N-methyl/N-ethyl adjacent to an activating group) is 1. The lowest BCUT2D eigenvalue weighted by Crippen LogP contribution is -2.40. The van der Waals surface area contributed by atoms with Crippen molar-refractivity contribution in [1.82, 2.24) is 14.8 Å². The van der Waals surface area contributed by atoms with E-state index in [9.17, 15) is 18.8 Å². The van der Waals surface area contributed by atoms with Crippen LogP contribution in [0.5, 0.6) is 0 Å². The molecule has 0 bridgehead atoms. The number of hydrogen-bond donors (Lipinski definition) is 1. The zero-order chi connectivity index (χ0) is 22.8. The molecule has 3 aromatic rings. The Labute approximate surface area is 192 Å². The minimum Gasteiger partial charge on any atom is -0.340 e. The second-order valence-corrected chi connectivity index (χ2v) is 8.95. The first-order valence-corrected chi connectivity index (χ1v) is 10.9. The number of H-pyrrole nitrogens is 1. The number of thiocarbonyl (C=S) groups is 1. The van der Waals surface area contributed by atoms with Crippen LogP contribution in [0.4, 0.5) is 4.39 Å². The summed E-state index contributed by atoms with van der Waals surface area (Å²) in [5.41, 5.74) is 1.82. The summed E-state index contributed by atoms with van der Waals surface area (Å²) in [5, 5.41) is 0.847. The van der Waals surface area contributed by atoms with Crippen LogP contribution in [0.15, 0.2) is 64.3 Å². The normalized spacial score (nSPS) is 15.1. The van der Waals surface area contributed by atoms with Crippen LogP contribution in [0.3, 0.4) is 0 Å². The number of halogens is 1. The van der Waals surface area contributed by atoms with Gasteiger partial charge in [0.1, 0.15) is 16.7 Å². The summed E-state index contributed by atoms with van der Waals surface area (Å²) in [4.78, 5) is 43.4. The van der Waals surface area contributed by atoms with Crippen LogP contribution in [-0.4, -0.2) is 44.5 Å². The zero-order valence-corrected chi connectivity index (χ0v) is 18.6. The number of nitrogens with zero attached hydrogens (tertiary/aromatic N) is 2. The molecule has 0 unspecified atom stereocenters. The van der Waals surface area contributed by atoms with Gasteiger partial charge >= 0.3 is 0 Å². The molecule has 1 saturated heterocycles. The van der Waals surface area contributed by atoms with Gasteiger partial charge in [-0.15, -0.1) is 0 Å². The predicted octanol–water partition coefficient (Wildman–Crippen LogP) is 3.53. The molecule has 1 N–H and O–H groups in total. The predicted molar refractivity (Wildman–Crippen MR) is 127 cm³/mol. The lowest BCUT2D eigenvalue weighted by atomic mass is 10.1. The summed E-state index contributed by atoms with van der Waals surface area (Å²) in [6.07, 6.45) is 1.62. The average Bonchev–Trinajstić information content (AvgIpc) is 3.02. The van der Waals surface area contributed by atoms with Gasteiger partial charge in [0.25, 0.3) is 5.91 Å². The second-order valence-electron chi connectivity index (χ2n) is 7.27. The number of carbonyl (C=O) groups is 2. The van der Waals surface area contributed by atoms with Crippen LogP contribution in [0.1, 0.15) is 11.1 Å². The van der Waals surface area contributed by atoms with Crippen LogP contribution < -0.4 is 5.56 Å². The highest BCUT2D eigenvalue weighted by Crippen LogP contribution is 2.32. The van der Waals surface area contributed by atoms with Crippen molar-refractivity contribution in [2.45, 2.75) is 6.54 Å². The topological polar surface area (TPSA) is 73.5 Å². The summed E-state index contributed by atoms with van der Waals surface area (Å²) in [6, 6.07) is 14.6. The highest BCUT2D eigenvalue weighted by Gasteiger charge is 2.34. The number of rotatable bonds is 5. The number of fused-ring (bicyclic) bond motifs is 1. The molecule has 0 radical (unpaired) electrons. The largest absolute Gasteiger partial charge is 0.340 e. The van der Waals surface area contributed by atoms with Crippen LogP contribution in [0, 0.1) is 5.82 Å². The number of aromatic nitrogens is 1. The third kappa shape index (κ3) is 4.63. The van der Waals surface area contributed by atoms with Crippen LogP contribution >= 0.6 is 24.0 Å². The van der Waals surface area contributed by atoms with Gasteiger partial charge in [-0.25, -0.2) is 4.39 Å². The number of amides is 2. The van der Waals surface area contributed by atoms with E-state index in [0.717, 1.165) is 17.1 Å². The standard InChI is InChI=1S/C23H18FN3O3S2/c1-26(12-15-11-20(28)25-18-5-3-2-4-17(15)18)21(29)13-27-22(30)19(32-23(27)31)10-14-6-8-16(24)9-7-14/h2-11H,12-13H2,1H3,(H,25,28)/b19-10-. The molecular weight excluding hydrogens is 449 g/mol. The maximum Gasteiger partial charge on any atom is 0.266 e. The molecule has 0 aliphatic carbocycles. The van der Waals surface area contributed by atoms with E-state index in [4.69, 9.17) is 12.2 Å². The fraction of sp³-hybridized carbons (Fsp3) is 0.130. The van der Waals surface area contributed by atoms with Gasteiger partial charge < -0.3 is 9.88 Å². The van der Waals surface area contributed by atoms with Crippen LogP contribution in [0.25, 0.3) is 17.0 Å². The fourth-order valence-corrected chi connectivity index (χ4v) is 4.61. The number of para-hydroxylation sites is 1. The summed E-state index contributed by atoms with van der Waals surface area (Å²) in [6.45, 7) is 0.00647. The molecule has 1 aromatic heterocycles. The first-order valence-electron chi connectivity index (χ1n) is 9.67. The molecule has 2 aromatic carbocycles. The molecule has 4 rings (SSSR count). The van der Waals surface area contributed by atoms with Gasteiger partial charge in [0.15, 0.2) is 0 Å². The second kappa shape index (κ2) is 9.05. The Kier molecular flexibility index (Phi) is 6.20. The van der Waals surface area contributed by atoms with Crippen molar-refractivity contribution in [2.75, 3.05) is 13.6 Å². The molecular formula is C23H18FN3O3S2. The third-order valence-corrected chi connectivity index (χ3v) is 6.38. The van der Waals surface area contributed by atoms with Gasteiger partial charge in [0, 0.05) is 30.6 Å². The molecule has 1 aliphatic rings. The Bertz CT molecular complexity index is 1320. The quantitative estimate of drug-likeness (QED) is 0.459. The Morgan fingerprint density at radius 3 is 2.66 bits per heavy atom. The zero-order valence-electron chi connectivity index (χ0n) is 17.0. The third-order valence-electron chi connectivity index (χ3n) is 5.00. The molecule has 1 aliphatic heterocycles. The maximum atomic E-state index is 13.1. The highest BCUT2D eigenvalue weighted by molar-refractivity contribution is 8.26. The lowest BCUT2D eigenvalue weighted by molar-refractivity contribution is -0.134. The Morgan fingerprint density at radius 2 is 1.91 bits per heavy atom. The fourth-order valence-electron chi connectivity index (χ4n) is 3.35. The van der Waals surface area contributed by atoms with E-state index in [1.807, 2.05) is 18.2 Å².